The van der Waals surface area contributed by atoms with Crippen molar-refractivity contribution < 1.29 is 4.79 Å². The second-order valence-electron chi connectivity index (χ2n) is 5.70. The zero-order valence-electron chi connectivity index (χ0n) is 12.1. The monoisotopic (exact) mass is 340 g/mol. The Hall–Kier alpha value is -0.880. The molecule has 1 atom stereocenters. The Morgan fingerprint density at radius 2 is 2.20 bits per heavy atom. The van der Waals surface area contributed by atoms with Crippen molar-refractivity contribution in [3.63, 3.8) is 0 Å². The number of aromatic nitrogens is 2. The highest BCUT2D eigenvalue weighted by Gasteiger charge is 2.35. The van der Waals surface area contributed by atoms with Crippen LogP contribution < -0.4 is 0 Å². The maximum atomic E-state index is 11.7. The van der Waals surface area contributed by atoms with Crippen LogP contribution in [0, 0.1) is 0 Å². The van der Waals surface area contributed by atoms with Gasteiger partial charge in [-0.05, 0) is 28.8 Å². The second-order valence-corrected chi connectivity index (χ2v) is 6.49. The van der Waals surface area contributed by atoms with Crippen LogP contribution in [0.25, 0.3) is 0 Å². The molecule has 20 heavy (non-hydrogen) atoms. The molecule has 3 heterocycles. The Bertz CT molecular complexity index is 527. The maximum Gasteiger partial charge on any atom is 0.222 e. The van der Waals surface area contributed by atoms with E-state index in [0.717, 1.165) is 55.6 Å². The number of halogens is 1. The van der Waals surface area contributed by atoms with E-state index in [0.29, 0.717) is 11.9 Å². The molecule has 0 spiro atoms. The first-order chi connectivity index (χ1) is 9.60. The topological polar surface area (TPSA) is 41.4 Å². The molecule has 0 aromatic carbocycles. The van der Waals surface area contributed by atoms with Crippen molar-refractivity contribution in [2.75, 3.05) is 19.6 Å². The third-order valence-corrected chi connectivity index (χ3v) is 5.37. The molecule has 0 radical (unpaired) electrons. The van der Waals surface area contributed by atoms with Crippen LogP contribution in [-0.4, -0.2) is 51.2 Å². The zero-order chi connectivity index (χ0) is 14.3. The van der Waals surface area contributed by atoms with Crippen LogP contribution in [-0.2, 0) is 24.8 Å². The van der Waals surface area contributed by atoms with Crippen LogP contribution in [0.2, 0.25) is 0 Å². The fraction of sp³-hybridized carbons (Fsp3) is 0.714. The summed E-state index contributed by atoms with van der Waals surface area (Å²) < 4.78 is 3.13. The number of rotatable bonds is 3. The van der Waals surface area contributed by atoms with Gasteiger partial charge in [-0.2, -0.15) is 5.10 Å². The van der Waals surface area contributed by atoms with Crippen molar-refractivity contribution in [1.82, 2.24) is 19.6 Å². The summed E-state index contributed by atoms with van der Waals surface area (Å²) in [4.78, 5) is 16.2. The van der Waals surface area contributed by atoms with Gasteiger partial charge in [-0.3, -0.25) is 14.4 Å². The van der Waals surface area contributed by atoms with Crippen LogP contribution >= 0.6 is 15.9 Å². The minimum absolute atomic E-state index is 0.338. The van der Waals surface area contributed by atoms with E-state index in [4.69, 9.17) is 0 Å². The number of aryl methyl sites for hydroxylation is 2. The molecule has 5 nitrogen and oxygen atoms in total. The molecule has 1 amide bonds. The number of nitrogens with zero attached hydrogens (tertiary/aromatic N) is 4. The van der Waals surface area contributed by atoms with Gasteiger partial charge >= 0.3 is 0 Å². The first-order valence-corrected chi connectivity index (χ1v) is 8.11. The largest absolute Gasteiger partial charge is 0.337 e. The molecule has 1 aromatic rings. The fourth-order valence-corrected chi connectivity index (χ4v) is 4.02. The smallest absolute Gasteiger partial charge is 0.222 e. The van der Waals surface area contributed by atoms with Gasteiger partial charge in [0.05, 0.1) is 15.9 Å². The van der Waals surface area contributed by atoms with Crippen LogP contribution in [0.15, 0.2) is 4.47 Å². The molecule has 110 valence electrons. The highest BCUT2D eigenvalue weighted by molar-refractivity contribution is 9.10. The Labute approximate surface area is 128 Å². The summed E-state index contributed by atoms with van der Waals surface area (Å²) in [5.41, 5.74) is 2.36. The molecule has 3 rings (SSSR count). The minimum atomic E-state index is 0.338. The Balaban J connectivity index is 1.70. The van der Waals surface area contributed by atoms with Crippen LogP contribution in [0.5, 0.6) is 0 Å². The number of carbonyl (C=O) groups is 1. The number of fused-ring (bicyclic) bond motifs is 1. The van der Waals surface area contributed by atoms with Gasteiger partial charge in [0.25, 0.3) is 0 Å². The van der Waals surface area contributed by atoms with Crippen molar-refractivity contribution in [3.8, 4) is 0 Å². The van der Waals surface area contributed by atoms with Crippen LogP contribution in [0.1, 0.15) is 31.2 Å². The number of carbonyl (C=O) groups excluding carboxylic acids is 1. The highest BCUT2D eigenvalue weighted by Crippen LogP contribution is 2.26. The third kappa shape index (κ3) is 2.39. The third-order valence-electron chi connectivity index (χ3n) is 4.45. The van der Waals surface area contributed by atoms with Crippen LogP contribution in [0.3, 0.4) is 0 Å². The molecule has 2 aliphatic rings. The number of hydrogen-bond donors (Lipinski definition) is 0. The van der Waals surface area contributed by atoms with Crippen molar-refractivity contribution in [2.24, 2.45) is 7.05 Å². The van der Waals surface area contributed by atoms with Gasteiger partial charge < -0.3 is 4.90 Å². The molecular formula is C14H21BrN4O. The van der Waals surface area contributed by atoms with Gasteiger partial charge in [0.1, 0.15) is 0 Å². The molecule has 0 saturated carbocycles. The molecule has 0 aliphatic carbocycles. The number of amides is 1. The van der Waals surface area contributed by atoms with Gasteiger partial charge in [-0.15, -0.1) is 0 Å². The van der Waals surface area contributed by atoms with Crippen molar-refractivity contribution in [3.05, 3.63) is 15.9 Å². The van der Waals surface area contributed by atoms with E-state index >= 15 is 0 Å². The van der Waals surface area contributed by atoms with E-state index in [1.807, 2.05) is 11.7 Å². The summed E-state index contributed by atoms with van der Waals surface area (Å²) in [5, 5.41) is 4.55. The van der Waals surface area contributed by atoms with Crippen LogP contribution in [0.4, 0.5) is 0 Å². The molecule has 2 aliphatic heterocycles. The Morgan fingerprint density at radius 3 is 2.90 bits per heavy atom. The summed E-state index contributed by atoms with van der Waals surface area (Å²) in [5.74, 6) is 0.338. The standard InChI is InChI=1S/C14H21BrN4O/c1-3-11-14(15)12(17(2)16-11)9-18-6-7-19-10(8-18)4-5-13(19)20/h10H,3-9H2,1-2H3. The lowest BCUT2D eigenvalue weighted by atomic mass is 10.1. The van der Waals surface area contributed by atoms with E-state index in [9.17, 15) is 4.79 Å². The predicted octanol–water partition coefficient (Wildman–Crippen LogP) is 1.55. The first-order valence-electron chi connectivity index (χ1n) is 7.32. The van der Waals surface area contributed by atoms with Gasteiger partial charge in [-0.25, -0.2) is 0 Å². The normalized spacial score (nSPS) is 23.4. The molecule has 2 fully saturated rings. The maximum absolute atomic E-state index is 11.7. The first kappa shape index (κ1) is 14.1. The summed E-state index contributed by atoms with van der Waals surface area (Å²) in [6, 6.07) is 0.425. The van der Waals surface area contributed by atoms with Gasteiger partial charge in [0, 0.05) is 45.7 Å². The molecule has 0 bridgehead atoms. The predicted molar refractivity (Wildman–Crippen MR) is 80.3 cm³/mol. The molecular weight excluding hydrogens is 320 g/mol. The van der Waals surface area contributed by atoms with Crippen molar-refractivity contribution >= 4 is 21.8 Å². The Morgan fingerprint density at radius 1 is 1.40 bits per heavy atom. The quantitative estimate of drug-likeness (QED) is 0.838. The molecule has 1 unspecified atom stereocenters. The summed E-state index contributed by atoms with van der Waals surface area (Å²) in [6.45, 7) is 5.86. The summed E-state index contributed by atoms with van der Waals surface area (Å²) in [7, 11) is 2.01. The van der Waals surface area contributed by atoms with Crippen molar-refractivity contribution in [1.29, 1.82) is 0 Å². The summed E-state index contributed by atoms with van der Waals surface area (Å²) >= 11 is 3.68. The van der Waals surface area contributed by atoms with Gasteiger partial charge in [0.15, 0.2) is 0 Å². The molecule has 2 saturated heterocycles. The zero-order valence-corrected chi connectivity index (χ0v) is 13.7. The summed E-state index contributed by atoms with van der Waals surface area (Å²) in [6.07, 6.45) is 2.69. The lowest BCUT2D eigenvalue weighted by molar-refractivity contribution is -0.130. The van der Waals surface area contributed by atoms with E-state index in [2.05, 4.69) is 37.8 Å². The average molecular weight is 341 g/mol. The Kier molecular flexibility index (Phi) is 3.86. The highest BCUT2D eigenvalue weighted by atomic mass is 79.9. The van der Waals surface area contributed by atoms with Gasteiger partial charge in [0.2, 0.25) is 5.91 Å². The van der Waals surface area contributed by atoms with E-state index in [1.54, 1.807) is 0 Å². The average Bonchev–Trinajstić information content (AvgIpc) is 2.94. The minimum Gasteiger partial charge on any atom is -0.337 e. The fourth-order valence-electron chi connectivity index (χ4n) is 3.28. The van der Waals surface area contributed by atoms with E-state index in [-0.39, 0.29) is 0 Å². The lowest BCUT2D eigenvalue weighted by Gasteiger charge is -2.37. The van der Waals surface area contributed by atoms with Crippen molar-refractivity contribution in [2.45, 2.75) is 38.8 Å². The number of hydrogen-bond acceptors (Lipinski definition) is 3. The van der Waals surface area contributed by atoms with E-state index in [1.165, 1.54) is 5.69 Å². The van der Waals surface area contributed by atoms with E-state index < -0.39 is 0 Å². The molecule has 1 aromatic heterocycles. The number of piperazine rings is 1. The van der Waals surface area contributed by atoms with Gasteiger partial charge in [-0.1, -0.05) is 6.92 Å². The lowest BCUT2D eigenvalue weighted by Crippen LogP contribution is -2.51. The molecule has 0 N–H and O–H groups in total. The SMILES string of the molecule is CCc1nn(C)c(CN2CCN3C(=O)CCC3C2)c1Br. The second kappa shape index (κ2) is 5.48. The molecule has 6 heteroatoms.